The molecule has 3 aromatic rings. The largest absolute Gasteiger partial charge is 0.306 e. The van der Waals surface area contributed by atoms with Gasteiger partial charge in [0, 0.05) is 31.2 Å². The summed E-state index contributed by atoms with van der Waals surface area (Å²) in [7, 11) is 1.94. The number of fused-ring (bicyclic) bond motifs is 1. The van der Waals surface area contributed by atoms with E-state index in [0.717, 1.165) is 29.6 Å². The Kier molecular flexibility index (Phi) is 3.92. The van der Waals surface area contributed by atoms with Gasteiger partial charge in [0.1, 0.15) is 0 Å². The van der Waals surface area contributed by atoms with Crippen LogP contribution in [0.4, 0.5) is 0 Å². The van der Waals surface area contributed by atoms with Gasteiger partial charge in [-0.1, -0.05) is 13.0 Å². The van der Waals surface area contributed by atoms with E-state index >= 15 is 0 Å². The fourth-order valence-corrected chi connectivity index (χ4v) is 2.47. The van der Waals surface area contributed by atoms with Crippen molar-refractivity contribution in [3.63, 3.8) is 0 Å². The smallest absolute Gasteiger partial charge is 0.0890 e. The minimum atomic E-state index is 0.130. The van der Waals surface area contributed by atoms with Crippen LogP contribution in [0.3, 0.4) is 0 Å². The monoisotopic (exact) mass is 281 g/mol. The Labute approximate surface area is 124 Å². The average molecular weight is 281 g/mol. The van der Waals surface area contributed by atoms with Gasteiger partial charge in [0.15, 0.2) is 0 Å². The van der Waals surface area contributed by atoms with Gasteiger partial charge in [-0.3, -0.25) is 14.6 Å². The van der Waals surface area contributed by atoms with Gasteiger partial charge in [-0.05, 0) is 30.7 Å². The second kappa shape index (κ2) is 6.01. The molecule has 108 valence electrons. The lowest BCUT2D eigenvalue weighted by Gasteiger charge is -2.18. The standard InChI is InChI=1S/C16H19N5/c1-3-6-19-16(13-10-20-21(2)11-13)12-4-5-14-15(9-12)18-8-7-17-14/h4-5,7-11,16,19H,3,6H2,1-2H3. The third kappa shape index (κ3) is 2.92. The summed E-state index contributed by atoms with van der Waals surface area (Å²) in [6.07, 6.45) is 8.49. The highest BCUT2D eigenvalue weighted by atomic mass is 15.2. The molecule has 0 radical (unpaired) electrons. The summed E-state index contributed by atoms with van der Waals surface area (Å²) >= 11 is 0. The van der Waals surface area contributed by atoms with Crippen molar-refractivity contribution in [1.82, 2.24) is 25.1 Å². The number of rotatable bonds is 5. The Hall–Kier alpha value is -2.27. The van der Waals surface area contributed by atoms with E-state index in [-0.39, 0.29) is 6.04 Å². The fourth-order valence-electron chi connectivity index (χ4n) is 2.47. The molecule has 1 N–H and O–H groups in total. The molecular formula is C16H19N5. The first kappa shape index (κ1) is 13.7. The molecule has 0 spiro atoms. The zero-order valence-electron chi connectivity index (χ0n) is 12.3. The average Bonchev–Trinajstić information content (AvgIpc) is 2.94. The molecule has 0 saturated carbocycles. The quantitative estimate of drug-likeness (QED) is 0.780. The molecule has 0 amide bonds. The zero-order chi connectivity index (χ0) is 14.7. The zero-order valence-corrected chi connectivity index (χ0v) is 12.3. The SMILES string of the molecule is CCCNC(c1ccc2nccnc2c1)c1cnn(C)c1. The summed E-state index contributed by atoms with van der Waals surface area (Å²) in [4.78, 5) is 8.71. The normalized spacial score (nSPS) is 12.7. The Morgan fingerprint density at radius 2 is 1.95 bits per heavy atom. The van der Waals surface area contributed by atoms with Gasteiger partial charge in [-0.2, -0.15) is 5.10 Å². The van der Waals surface area contributed by atoms with Crippen LogP contribution < -0.4 is 5.32 Å². The van der Waals surface area contributed by atoms with Gasteiger partial charge in [-0.25, -0.2) is 0 Å². The van der Waals surface area contributed by atoms with E-state index in [4.69, 9.17) is 0 Å². The minimum absolute atomic E-state index is 0.130. The molecule has 5 heteroatoms. The number of hydrogen-bond acceptors (Lipinski definition) is 4. The number of aromatic nitrogens is 4. The summed E-state index contributed by atoms with van der Waals surface area (Å²) in [5, 5.41) is 7.86. The summed E-state index contributed by atoms with van der Waals surface area (Å²) in [5.74, 6) is 0. The maximum Gasteiger partial charge on any atom is 0.0890 e. The fraction of sp³-hybridized carbons (Fsp3) is 0.312. The van der Waals surface area contributed by atoms with Crippen molar-refractivity contribution in [2.24, 2.45) is 7.05 Å². The highest BCUT2D eigenvalue weighted by Gasteiger charge is 2.15. The Morgan fingerprint density at radius 1 is 1.14 bits per heavy atom. The second-order valence-corrected chi connectivity index (χ2v) is 5.14. The van der Waals surface area contributed by atoms with Gasteiger partial charge in [0.05, 0.1) is 23.3 Å². The van der Waals surface area contributed by atoms with E-state index in [9.17, 15) is 0 Å². The maximum atomic E-state index is 4.39. The first-order chi connectivity index (χ1) is 10.3. The van der Waals surface area contributed by atoms with E-state index < -0.39 is 0 Å². The number of hydrogen-bond donors (Lipinski definition) is 1. The summed E-state index contributed by atoms with van der Waals surface area (Å²) in [6.45, 7) is 3.12. The van der Waals surface area contributed by atoms with Crippen LogP contribution in [0.25, 0.3) is 11.0 Å². The third-order valence-corrected chi connectivity index (χ3v) is 3.48. The molecule has 0 aliphatic carbocycles. The summed E-state index contributed by atoms with van der Waals surface area (Å²) in [5.41, 5.74) is 4.18. The molecule has 5 nitrogen and oxygen atoms in total. The van der Waals surface area contributed by atoms with Gasteiger partial charge in [0.25, 0.3) is 0 Å². The van der Waals surface area contributed by atoms with Gasteiger partial charge in [-0.15, -0.1) is 0 Å². The van der Waals surface area contributed by atoms with E-state index in [1.165, 1.54) is 5.56 Å². The molecule has 2 heterocycles. The van der Waals surface area contributed by atoms with Crippen LogP contribution in [0.1, 0.15) is 30.5 Å². The van der Waals surface area contributed by atoms with Crippen LogP contribution in [-0.2, 0) is 7.05 Å². The Bertz CT molecular complexity index is 734. The third-order valence-electron chi connectivity index (χ3n) is 3.48. The molecule has 0 saturated heterocycles. The second-order valence-electron chi connectivity index (χ2n) is 5.14. The molecule has 0 fully saturated rings. The molecule has 1 unspecified atom stereocenters. The highest BCUT2D eigenvalue weighted by Crippen LogP contribution is 2.24. The lowest BCUT2D eigenvalue weighted by Crippen LogP contribution is -2.22. The van der Waals surface area contributed by atoms with Crippen LogP contribution in [0, 0.1) is 0 Å². The molecule has 0 bridgehead atoms. The first-order valence-electron chi connectivity index (χ1n) is 7.20. The Balaban J connectivity index is 2.00. The van der Waals surface area contributed by atoms with Crippen molar-refractivity contribution in [2.45, 2.75) is 19.4 Å². The van der Waals surface area contributed by atoms with Crippen molar-refractivity contribution in [2.75, 3.05) is 6.54 Å². The van der Waals surface area contributed by atoms with Crippen LogP contribution in [0.5, 0.6) is 0 Å². The van der Waals surface area contributed by atoms with E-state index in [2.05, 4.69) is 39.4 Å². The van der Waals surface area contributed by atoms with E-state index in [0.29, 0.717) is 0 Å². The molecule has 1 atom stereocenters. The van der Waals surface area contributed by atoms with Crippen LogP contribution in [0.2, 0.25) is 0 Å². The minimum Gasteiger partial charge on any atom is -0.306 e. The Morgan fingerprint density at radius 3 is 2.67 bits per heavy atom. The number of nitrogens with zero attached hydrogens (tertiary/aromatic N) is 4. The molecule has 21 heavy (non-hydrogen) atoms. The molecule has 2 aromatic heterocycles. The van der Waals surface area contributed by atoms with E-state index in [1.54, 1.807) is 12.4 Å². The topological polar surface area (TPSA) is 55.6 Å². The van der Waals surface area contributed by atoms with Crippen LogP contribution in [-0.4, -0.2) is 26.3 Å². The van der Waals surface area contributed by atoms with E-state index in [1.807, 2.05) is 30.2 Å². The number of aryl methyl sites for hydroxylation is 1. The first-order valence-corrected chi connectivity index (χ1v) is 7.20. The molecule has 3 rings (SSSR count). The maximum absolute atomic E-state index is 4.39. The number of nitrogens with one attached hydrogen (secondary N) is 1. The van der Waals surface area contributed by atoms with Crippen molar-refractivity contribution < 1.29 is 0 Å². The van der Waals surface area contributed by atoms with Crippen LogP contribution >= 0.6 is 0 Å². The van der Waals surface area contributed by atoms with Gasteiger partial charge >= 0.3 is 0 Å². The van der Waals surface area contributed by atoms with Gasteiger partial charge < -0.3 is 5.32 Å². The molecule has 0 aliphatic heterocycles. The predicted molar refractivity (Wildman–Crippen MR) is 82.9 cm³/mol. The van der Waals surface area contributed by atoms with Crippen molar-refractivity contribution >= 4 is 11.0 Å². The lowest BCUT2D eigenvalue weighted by molar-refractivity contribution is 0.598. The van der Waals surface area contributed by atoms with Crippen LogP contribution in [0.15, 0.2) is 43.0 Å². The number of benzene rings is 1. The molecular weight excluding hydrogens is 262 g/mol. The lowest BCUT2D eigenvalue weighted by atomic mass is 10.0. The van der Waals surface area contributed by atoms with Crippen molar-refractivity contribution in [3.8, 4) is 0 Å². The molecule has 0 aliphatic rings. The predicted octanol–water partition coefficient (Wildman–Crippen LogP) is 2.45. The van der Waals surface area contributed by atoms with Crippen molar-refractivity contribution in [1.29, 1.82) is 0 Å². The summed E-state index contributed by atoms with van der Waals surface area (Å²) < 4.78 is 1.83. The van der Waals surface area contributed by atoms with Gasteiger partial charge in [0.2, 0.25) is 0 Å². The van der Waals surface area contributed by atoms with Crippen molar-refractivity contribution in [3.05, 3.63) is 54.1 Å². The molecule has 1 aromatic carbocycles. The highest BCUT2D eigenvalue weighted by molar-refractivity contribution is 5.74. The summed E-state index contributed by atoms with van der Waals surface area (Å²) in [6, 6.07) is 6.36.